The Balaban J connectivity index is 1.56. The van der Waals surface area contributed by atoms with Crippen LogP contribution in [0.5, 0.6) is 11.5 Å². The number of halogens is 2. The Morgan fingerprint density at radius 1 is 1.20 bits per heavy atom. The first kappa shape index (κ1) is 25.0. The van der Waals surface area contributed by atoms with Gasteiger partial charge in [-0.2, -0.15) is 5.10 Å². The first-order chi connectivity index (χ1) is 16.9. The maximum Gasteiger partial charge on any atom is 0.266 e. The molecule has 0 bridgehead atoms. The summed E-state index contributed by atoms with van der Waals surface area (Å²) in [6, 6.07) is 17.4. The van der Waals surface area contributed by atoms with Gasteiger partial charge in [0.2, 0.25) is 0 Å². The van der Waals surface area contributed by atoms with Crippen LogP contribution in [0, 0.1) is 0 Å². The minimum Gasteiger partial charge on any atom is -0.506 e. The number of para-hydroxylation sites is 1. The fraction of sp³-hybridized carbons (Fsp3) is 0.0833. The third kappa shape index (κ3) is 5.75. The molecule has 0 aliphatic heterocycles. The van der Waals surface area contributed by atoms with Crippen LogP contribution in [0.15, 0.2) is 84.7 Å². The molecule has 0 saturated heterocycles. The van der Waals surface area contributed by atoms with Gasteiger partial charge in [0.1, 0.15) is 11.5 Å². The molecule has 4 aromatic rings. The molecule has 3 aromatic carbocycles. The second-order valence-corrected chi connectivity index (χ2v) is 9.87. The van der Waals surface area contributed by atoms with Crippen LogP contribution in [-0.2, 0) is 4.79 Å². The van der Waals surface area contributed by atoms with Gasteiger partial charge in [-0.15, -0.1) is 0 Å². The Hall–Kier alpha value is -3.15. The van der Waals surface area contributed by atoms with Crippen LogP contribution >= 0.6 is 43.6 Å². The van der Waals surface area contributed by atoms with Gasteiger partial charge >= 0.3 is 0 Å². The van der Waals surface area contributed by atoms with Crippen LogP contribution < -0.4 is 15.7 Å². The molecule has 1 aromatic heterocycles. The molecule has 178 valence electrons. The van der Waals surface area contributed by atoms with Crippen LogP contribution in [0.2, 0.25) is 0 Å². The van der Waals surface area contributed by atoms with E-state index in [1.165, 1.54) is 10.8 Å². The molecule has 11 heteroatoms. The van der Waals surface area contributed by atoms with Crippen LogP contribution in [0.3, 0.4) is 0 Å². The monoisotopic (exact) mass is 616 g/mol. The maximum absolute atomic E-state index is 13.3. The van der Waals surface area contributed by atoms with Crippen LogP contribution in [0.1, 0.15) is 5.56 Å². The molecular weight excluding hydrogens is 600 g/mol. The quantitative estimate of drug-likeness (QED) is 0.133. The lowest BCUT2D eigenvalue weighted by Gasteiger charge is -2.13. The van der Waals surface area contributed by atoms with Gasteiger partial charge in [0.05, 0.1) is 40.1 Å². The summed E-state index contributed by atoms with van der Waals surface area (Å²) in [5, 5.41) is 14.9. The fourth-order valence-corrected chi connectivity index (χ4v) is 5.25. The van der Waals surface area contributed by atoms with E-state index in [-0.39, 0.29) is 17.1 Å². The van der Waals surface area contributed by atoms with Gasteiger partial charge < -0.3 is 9.84 Å². The smallest absolute Gasteiger partial charge is 0.266 e. The Bertz CT molecular complexity index is 1490. The van der Waals surface area contributed by atoms with Crippen molar-refractivity contribution in [1.29, 1.82) is 0 Å². The first-order valence-corrected chi connectivity index (χ1v) is 12.7. The van der Waals surface area contributed by atoms with Gasteiger partial charge in [0.15, 0.2) is 5.16 Å². The lowest BCUT2D eigenvalue weighted by Crippen LogP contribution is -2.24. The molecule has 1 amide bonds. The van der Waals surface area contributed by atoms with E-state index in [2.05, 4.69) is 47.4 Å². The number of hydrogen-bond donors (Lipinski definition) is 2. The van der Waals surface area contributed by atoms with Gasteiger partial charge in [-0.25, -0.2) is 10.4 Å². The molecule has 0 saturated carbocycles. The van der Waals surface area contributed by atoms with Crippen molar-refractivity contribution in [3.05, 3.63) is 85.5 Å². The fourth-order valence-electron chi connectivity index (χ4n) is 3.19. The van der Waals surface area contributed by atoms with Crippen molar-refractivity contribution in [2.24, 2.45) is 5.10 Å². The van der Waals surface area contributed by atoms with E-state index in [1.807, 2.05) is 0 Å². The average molecular weight is 618 g/mol. The zero-order chi connectivity index (χ0) is 24.9. The number of amides is 1. The zero-order valence-corrected chi connectivity index (χ0v) is 22.2. The molecule has 2 N–H and O–H groups in total. The maximum atomic E-state index is 13.3. The molecule has 0 aliphatic rings. The molecule has 0 radical (unpaired) electrons. The van der Waals surface area contributed by atoms with Crippen molar-refractivity contribution < 1.29 is 14.6 Å². The van der Waals surface area contributed by atoms with Crippen molar-refractivity contribution in [3.63, 3.8) is 0 Å². The summed E-state index contributed by atoms with van der Waals surface area (Å²) in [5.41, 5.74) is 3.75. The van der Waals surface area contributed by atoms with E-state index in [1.54, 1.807) is 67.8 Å². The number of aromatic nitrogens is 2. The highest BCUT2D eigenvalue weighted by Crippen LogP contribution is 2.30. The van der Waals surface area contributed by atoms with E-state index < -0.39 is 5.91 Å². The first-order valence-electron chi connectivity index (χ1n) is 10.2. The third-order valence-corrected chi connectivity index (χ3v) is 6.86. The lowest BCUT2D eigenvalue weighted by atomic mass is 10.2. The van der Waals surface area contributed by atoms with E-state index in [4.69, 9.17) is 4.74 Å². The Morgan fingerprint density at radius 3 is 2.69 bits per heavy atom. The molecule has 0 atom stereocenters. The number of carbonyl (C=O) groups is 1. The van der Waals surface area contributed by atoms with E-state index >= 15 is 0 Å². The van der Waals surface area contributed by atoms with Crippen molar-refractivity contribution >= 4 is 66.6 Å². The molecule has 0 unspecified atom stereocenters. The van der Waals surface area contributed by atoms with Crippen molar-refractivity contribution in [2.45, 2.75) is 5.16 Å². The van der Waals surface area contributed by atoms with Crippen molar-refractivity contribution in [2.75, 3.05) is 12.9 Å². The van der Waals surface area contributed by atoms with Gasteiger partial charge in [-0.05, 0) is 64.5 Å². The van der Waals surface area contributed by atoms with E-state index in [9.17, 15) is 14.7 Å². The molecule has 4 rings (SSSR count). The molecule has 0 spiro atoms. The summed E-state index contributed by atoms with van der Waals surface area (Å²) >= 11 is 7.71. The predicted molar refractivity (Wildman–Crippen MR) is 144 cm³/mol. The van der Waals surface area contributed by atoms with E-state index in [0.29, 0.717) is 37.5 Å². The third-order valence-electron chi connectivity index (χ3n) is 4.86. The summed E-state index contributed by atoms with van der Waals surface area (Å²) in [7, 11) is 1.57. The molecule has 1 heterocycles. The number of benzene rings is 3. The molecule has 0 aliphatic carbocycles. The second kappa shape index (κ2) is 11.1. The SMILES string of the molecule is COc1ccc(-n2c(SCC(=O)N/N=C\c3cc(Br)cc(Br)c3O)nc3ccccc3c2=O)cc1. The average Bonchev–Trinajstić information content (AvgIpc) is 2.86. The second-order valence-electron chi connectivity index (χ2n) is 7.16. The van der Waals surface area contributed by atoms with Gasteiger partial charge in [-0.3, -0.25) is 14.2 Å². The largest absolute Gasteiger partial charge is 0.506 e. The number of phenolic OH excluding ortho intramolecular Hbond substituents is 1. The Morgan fingerprint density at radius 2 is 1.94 bits per heavy atom. The highest BCUT2D eigenvalue weighted by molar-refractivity contribution is 9.11. The number of nitrogens with zero attached hydrogens (tertiary/aromatic N) is 3. The summed E-state index contributed by atoms with van der Waals surface area (Å²) in [5.74, 6) is 0.227. The number of thioether (sulfide) groups is 1. The summed E-state index contributed by atoms with van der Waals surface area (Å²) in [6.07, 6.45) is 1.34. The summed E-state index contributed by atoms with van der Waals surface area (Å²) in [4.78, 5) is 30.4. The Kier molecular flexibility index (Phi) is 7.89. The number of ether oxygens (including phenoxy) is 1. The number of fused-ring (bicyclic) bond motifs is 1. The number of hydrogen-bond acceptors (Lipinski definition) is 7. The number of nitrogens with one attached hydrogen (secondary N) is 1. The van der Waals surface area contributed by atoms with Crippen LogP contribution in [0.4, 0.5) is 0 Å². The Labute approximate surface area is 221 Å². The number of phenols is 1. The number of rotatable bonds is 7. The number of methoxy groups -OCH3 is 1. The van der Waals surface area contributed by atoms with Crippen LogP contribution in [0.25, 0.3) is 16.6 Å². The van der Waals surface area contributed by atoms with Crippen molar-refractivity contribution in [1.82, 2.24) is 15.0 Å². The minimum atomic E-state index is -0.400. The minimum absolute atomic E-state index is 0.00412. The molecule has 35 heavy (non-hydrogen) atoms. The van der Waals surface area contributed by atoms with Gasteiger partial charge in [0, 0.05) is 10.0 Å². The summed E-state index contributed by atoms with van der Waals surface area (Å²) < 4.78 is 7.92. The number of hydrazone groups is 1. The van der Waals surface area contributed by atoms with E-state index in [0.717, 1.165) is 16.2 Å². The summed E-state index contributed by atoms with van der Waals surface area (Å²) in [6.45, 7) is 0. The normalized spacial score (nSPS) is 11.2. The predicted octanol–water partition coefficient (Wildman–Crippen LogP) is 4.87. The lowest BCUT2D eigenvalue weighted by molar-refractivity contribution is -0.118. The zero-order valence-electron chi connectivity index (χ0n) is 18.2. The molecule has 0 fully saturated rings. The number of carbonyl (C=O) groups excluding carboxylic acids is 1. The van der Waals surface area contributed by atoms with Crippen LogP contribution in [-0.4, -0.2) is 39.6 Å². The number of aromatic hydroxyl groups is 1. The van der Waals surface area contributed by atoms with Crippen molar-refractivity contribution in [3.8, 4) is 17.2 Å². The topological polar surface area (TPSA) is 106 Å². The molecule has 8 nitrogen and oxygen atoms in total. The standard InChI is InChI=1S/C24H18Br2N4O4S/c1-34-17-8-6-16(7-9-17)30-23(33)18-4-2-3-5-20(18)28-24(30)35-13-21(31)29-27-12-14-10-15(25)11-19(26)22(14)32/h2-12,32H,13H2,1H3,(H,29,31)/b27-12-. The van der Waals surface area contributed by atoms with Gasteiger partial charge in [-0.1, -0.05) is 39.8 Å². The highest BCUT2D eigenvalue weighted by Gasteiger charge is 2.15. The van der Waals surface area contributed by atoms with Gasteiger partial charge in [0.25, 0.3) is 11.5 Å². The molecular formula is C24H18Br2N4O4S. The highest BCUT2D eigenvalue weighted by atomic mass is 79.9.